The summed E-state index contributed by atoms with van der Waals surface area (Å²) in [5.74, 6) is 1.26. The van der Waals surface area contributed by atoms with Gasteiger partial charge < -0.3 is 4.74 Å². The van der Waals surface area contributed by atoms with Gasteiger partial charge in [0, 0.05) is 11.8 Å². The van der Waals surface area contributed by atoms with Crippen LogP contribution in [0.4, 0.5) is 5.69 Å². The van der Waals surface area contributed by atoms with Crippen LogP contribution < -0.4 is 4.74 Å². The van der Waals surface area contributed by atoms with Crippen molar-refractivity contribution in [2.75, 3.05) is 12.4 Å². The number of amides is 1. The minimum Gasteiger partial charge on any atom is -0.492 e. The monoisotopic (exact) mass is 407 g/mol. The first kappa shape index (κ1) is 19.2. The number of rotatable bonds is 5. The lowest BCUT2D eigenvalue weighted by Crippen LogP contribution is -2.37. The average molecular weight is 407 g/mol. The van der Waals surface area contributed by atoms with E-state index in [1.807, 2.05) is 68.4 Å². The van der Waals surface area contributed by atoms with Crippen LogP contribution in [0.3, 0.4) is 0 Å². The Balaban J connectivity index is 1.63. The Hall–Kier alpha value is -3.13. The summed E-state index contributed by atoms with van der Waals surface area (Å²) in [5, 5.41) is 9.26. The maximum absolute atomic E-state index is 13.2. The highest BCUT2D eigenvalue weighted by atomic mass is 32.2. The molecule has 1 saturated heterocycles. The molecule has 0 N–H and O–H groups in total. The van der Waals surface area contributed by atoms with Crippen LogP contribution >= 0.6 is 11.8 Å². The fraction of sp³-hybridized carbons (Fsp3) is 0.238. The second kappa shape index (κ2) is 8.48. The summed E-state index contributed by atoms with van der Waals surface area (Å²) >= 11 is 1.55. The second-order valence-electron chi connectivity index (χ2n) is 6.49. The Morgan fingerprint density at radius 3 is 2.76 bits per heavy atom. The standard InChI is InChI=1S/C21H21N5O2S/c1-3-28-19-12-8-7-11-17(19)23-21-25(15(2)14-29-21)20(27)18-13-22-26(24-18)16-9-5-4-6-10-16/h4-13,15H,3,14H2,1-2H3. The number of carbonyl (C=O) groups is 1. The zero-order valence-electron chi connectivity index (χ0n) is 16.2. The maximum atomic E-state index is 13.2. The Bertz CT molecular complexity index is 1030. The Kier molecular flexibility index (Phi) is 5.62. The number of hydrogen-bond acceptors (Lipinski definition) is 6. The molecule has 1 aromatic heterocycles. The van der Waals surface area contributed by atoms with E-state index in [-0.39, 0.29) is 17.6 Å². The number of carbonyl (C=O) groups excluding carboxylic acids is 1. The molecule has 1 amide bonds. The molecule has 1 aliphatic heterocycles. The number of ether oxygens (including phenoxy) is 1. The molecule has 3 aromatic rings. The smallest absolute Gasteiger partial charge is 0.282 e. The molecule has 2 heterocycles. The van der Waals surface area contributed by atoms with Gasteiger partial charge in [0.25, 0.3) is 5.91 Å². The Morgan fingerprint density at radius 2 is 1.97 bits per heavy atom. The molecule has 1 atom stereocenters. The summed E-state index contributed by atoms with van der Waals surface area (Å²) in [4.78, 5) is 21.1. The first-order valence-corrected chi connectivity index (χ1v) is 10.4. The second-order valence-corrected chi connectivity index (χ2v) is 7.47. The molecule has 29 heavy (non-hydrogen) atoms. The molecule has 2 aromatic carbocycles. The van der Waals surface area contributed by atoms with Crippen molar-refractivity contribution < 1.29 is 9.53 Å². The van der Waals surface area contributed by atoms with Gasteiger partial charge in [-0.25, -0.2) is 4.99 Å². The van der Waals surface area contributed by atoms with Gasteiger partial charge in [-0.05, 0) is 38.1 Å². The molecule has 0 aliphatic carbocycles. The maximum Gasteiger partial charge on any atom is 0.282 e. The zero-order valence-corrected chi connectivity index (χ0v) is 17.0. The van der Waals surface area contributed by atoms with E-state index < -0.39 is 0 Å². The molecule has 8 heteroatoms. The summed E-state index contributed by atoms with van der Waals surface area (Å²) in [6.07, 6.45) is 1.50. The molecule has 0 bridgehead atoms. The van der Waals surface area contributed by atoms with Gasteiger partial charge in [-0.3, -0.25) is 9.69 Å². The van der Waals surface area contributed by atoms with Crippen molar-refractivity contribution in [3.8, 4) is 11.4 Å². The molecular formula is C21H21N5O2S. The summed E-state index contributed by atoms with van der Waals surface area (Å²) in [6, 6.07) is 17.1. The summed E-state index contributed by atoms with van der Waals surface area (Å²) < 4.78 is 5.66. The lowest BCUT2D eigenvalue weighted by atomic mass is 10.3. The topological polar surface area (TPSA) is 72.6 Å². The van der Waals surface area contributed by atoms with E-state index in [2.05, 4.69) is 10.2 Å². The molecule has 0 radical (unpaired) electrons. The van der Waals surface area contributed by atoms with Crippen molar-refractivity contribution in [1.82, 2.24) is 19.9 Å². The van der Waals surface area contributed by atoms with E-state index in [1.165, 1.54) is 11.0 Å². The number of benzene rings is 2. The third-order valence-electron chi connectivity index (χ3n) is 4.40. The summed E-state index contributed by atoms with van der Waals surface area (Å²) in [6.45, 7) is 4.49. The zero-order chi connectivity index (χ0) is 20.2. The fourth-order valence-corrected chi connectivity index (χ4v) is 4.11. The van der Waals surface area contributed by atoms with E-state index in [1.54, 1.807) is 16.7 Å². The lowest BCUT2D eigenvalue weighted by molar-refractivity contribution is 0.0822. The molecule has 4 rings (SSSR count). The van der Waals surface area contributed by atoms with Crippen LogP contribution in [0, 0.1) is 0 Å². The van der Waals surface area contributed by atoms with Gasteiger partial charge >= 0.3 is 0 Å². The predicted octanol–water partition coefficient (Wildman–Crippen LogP) is 3.93. The lowest BCUT2D eigenvalue weighted by Gasteiger charge is -2.20. The number of nitrogens with zero attached hydrogens (tertiary/aromatic N) is 5. The van der Waals surface area contributed by atoms with Crippen LogP contribution in [-0.4, -0.2) is 49.4 Å². The van der Waals surface area contributed by atoms with Crippen molar-refractivity contribution in [2.45, 2.75) is 19.9 Å². The number of hydrogen-bond donors (Lipinski definition) is 0. The normalized spacial score (nSPS) is 17.7. The van der Waals surface area contributed by atoms with Crippen LogP contribution in [-0.2, 0) is 0 Å². The number of amidine groups is 1. The molecule has 1 unspecified atom stereocenters. The highest BCUT2D eigenvalue weighted by molar-refractivity contribution is 8.14. The fourth-order valence-electron chi connectivity index (χ4n) is 3.00. The molecular weight excluding hydrogens is 386 g/mol. The van der Waals surface area contributed by atoms with E-state index in [0.29, 0.717) is 23.2 Å². The minimum atomic E-state index is -0.211. The summed E-state index contributed by atoms with van der Waals surface area (Å²) in [5.41, 5.74) is 1.79. The predicted molar refractivity (Wildman–Crippen MR) is 114 cm³/mol. The van der Waals surface area contributed by atoms with Crippen molar-refractivity contribution in [3.63, 3.8) is 0 Å². The van der Waals surface area contributed by atoms with Crippen molar-refractivity contribution >= 4 is 28.5 Å². The van der Waals surface area contributed by atoms with Gasteiger partial charge in [0.15, 0.2) is 10.9 Å². The van der Waals surface area contributed by atoms with Crippen LogP contribution in [0.15, 0.2) is 65.8 Å². The van der Waals surface area contributed by atoms with Crippen LogP contribution in [0.1, 0.15) is 24.3 Å². The third kappa shape index (κ3) is 4.02. The Labute approximate surface area is 173 Å². The quantitative estimate of drug-likeness (QED) is 0.641. The molecule has 0 saturated carbocycles. The summed E-state index contributed by atoms with van der Waals surface area (Å²) in [7, 11) is 0. The average Bonchev–Trinajstić information content (AvgIpc) is 3.37. The van der Waals surface area contributed by atoms with Gasteiger partial charge in [-0.15, -0.1) is 5.10 Å². The van der Waals surface area contributed by atoms with E-state index in [0.717, 1.165) is 11.4 Å². The molecule has 148 valence electrons. The van der Waals surface area contributed by atoms with E-state index >= 15 is 0 Å². The molecule has 7 nitrogen and oxygen atoms in total. The van der Waals surface area contributed by atoms with Gasteiger partial charge in [0.2, 0.25) is 0 Å². The van der Waals surface area contributed by atoms with Crippen molar-refractivity contribution in [2.24, 2.45) is 4.99 Å². The first-order chi connectivity index (χ1) is 14.2. The number of aromatic nitrogens is 3. The largest absolute Gasteiger partial charge is 0.492 e. The van der Waals surface area contributed by atoms with Crippen LogP contribution in [0.5, 0.6) is 5.75 Å². The van der Waals surface area contributed by atoms with Gasteiger partial charge in [0.05, 0.1) is 18.5 Å². The first-order valence-electron chi connectivity index (χ1n) is 9.42. The molecule has 1 aliphatic rings. The molecule has 1 fully saturated rings. The number of para-hydroxylation sites is 3. The highest BCUT2D eigenvalue weighted by Crippen LogP contribution is 2.32. The van der Waals surface area contributed by atoms with Gasteiger partial charge in [0.1, 0.15) is 11.4 Å². The number of thioether (sulfide) groups is 1. The number of aliphatic imine (C=N–C) groups is 1. The molecule has 0 spiro atoms. The van der Waals surface area contributed by atoms with Crippen molar-refractivity contribution in [3.05, 3.63) is 66.5 Å². The van der Waals surface area contributed by atoms with E-state index in [4.69, 9.17) is 9.73 Å². The van der Waals surface area contributed by atoms with E-state index in [9.17, 15) is 4.79 Å². The third-order valence-corrected chi connectivity index (χ3v) is 5.59. The van der Waals surface area contributed by atoms with Gasteiger partial charge in [-0.2, -0.15) is 9.90 Å². The Morgan fingerprint density at radius 1 is 1.21 bits per heavy atom. The van der Waals surface area contributed by atoms with Crippen LogP contribution in [0.2, 0.25) is 0 Å². The van der Waals surface area contributed by atoms with Crippen molar-refractivity contribution in [1.29, 1.82) is 0 Å². The minimum absolute atomic E-state index is 0.00683. The van der Waals surface area contributed by atoms with Gasteiger partial charge in [-0.1, -0.05) is 42.1 Å². The highest BCUT2D eigenvalue weighted by Gasteiger charge is 2.34. The SMILES string of the molecule is CCOc1ccccc1N=C1SCC(C)N1C(=O)c1cnn(-c2ccccc2)n1. The van der Waals surface area contributed by atoms with Crippen LogP contribution in [0.25, 0.3) is 5.69 Å².